The van der Waals surface area contributed by atoms with Gasteiger partial charge in [0.25, 0.3) is 0 Å². The first kappa shape index (κ1) is 19.2. The Balaban J connectivity index is 0.00000242. The van der Waals surface area contributed by atoms with Gasteiger partial charge in [0.05, 0.1) is 26.1 Å². The average Bonchev–Trinajstić information content (AvgIpc) is 3.02. The summed E-state index contributed by atoms with van der Waals surface area (Å²) in [7, 11) is 0. The fraction of sp³-hybridized carbons (Fsp3) is 0.714. The summed E-state index contributed by atoms with van der Waals surface area (Å²) in [5.41, 5.74) is 0. The summed E-state index contributed by atoms with van der Waals surface area (Å²) in [6.07, 6.45) is 5.58. The number of morpholine rings is 1. The minimum atomic E-state index is 0. The normalized spacial score (nSPS) is 16.1. The zero-order chi connectivity index (χ0) is 14.8. The minimum Gasteiger partial charge on any atom is -0.379 e. The van der Waals surface area contributed by atoms with E-state index in [0.717, 1.165) is 65.0 Å². The number of halogens is 1. The average molecular weight is 422 g/mol. The molecule has 0 aliphatic carbocycles. The standard InChI is InChI=1S/C14H26N6O.HI/c1-2-16-14(18-5-8-20-6-3-15-13-20)17-4-7-19-9-11-21-12-10-19;/h3,6,13H,2,4-5,7-12H2,1H3,(H2,16,17,18);1H. The maximum atomic E-state index is 5.34. The number of guanidine groups is 1. The maximum absolute atomic E-state index is 5.34. The predicted molar refractivity (Wildman–Crippen MR) is 98.9 cm³/mol. The third-order valence-corrected chi connectivity index (χ3v) is 3.36. The summed E-state index contributed by atoms with van der Waals surface area (Å²) >= 11 is 0. The number of rotatable bonds is 7. The molecule has 0 bridgehead atoms. The van der Waals surface area contributed by atoms with E-state index in [0.29, 0.717) is 0 Å². The Morgan fingerprint density at radius 2 is 2.09 bits per heavy atom. The number of aliphatic imine (C=N–C) groups is 1. The third kappa shape index (κ3) is 7.41. The number of hydrogen-bond donors (Lipinski definition) is 2. The second-order valence-corrected chi connectivity index (χ2v) is 4.94. The monoisotopic (exact) mass is 422 g/mol. The molecule has 1 aromatic rings. The molecule has 0 spiro atoms. The van der Waals surface area contributed by atoms with Crippen LogP contribution in [-0.4, -0.2) is 72.9 Å². The van der Waals surface area contributed by atoms with E-state index < -0.39 is 0 Å². The molecule has 0 amide bonds. The Labute approximate surface area is 149 Å². The van der Waals surface area contributed by atoms with E-state index in [-0.39, 0.29) is 24.0 Å². The molecule has 7 nitrogen and oxygen atoms in total. The van der Waals surface area contributed by atoms with Crippen LogP contribution in [0.25, 0.3) is 0 Å². The molecule has 1 aliphatic heterocycles. The van der Waals surface area contributed by atoms with Crippen LogP contribution in [-0.2, 0) is 11.3 Å². The lowest BCUT2D eigenvalue weighted by atomic mass is 10.4. The van der Waals surface area contributed by atoms with Crippen molar-refractivity contribution < 1.29 is 4.74 Å². The van der Waals surface area contributed by atoms with Gasteiger partial charge in [-0.05, 0) is 6.92 Å². The number of imidazole rings is 1. The van der Waals surface area contributed by atoms with E-state index in [2.05, 4.69) is 32.4 Å². The summed E-state index contributed by atoms with van der Waals surface area (Å²) in [5, 5.41) is 6.61. The van der Waals surface area contributed by atoms with Crippen molar-refractivity contribution in [2.24, 2.45) is 4.99 Å². The first-order valence-corrected chi connectivity index (χ1v) is 7.66. The number of hydrogen-bond acceptors (Lipinski definition) is 4. The topological polar surface area (TPSA) is 66.7 Å². The minimum absolute atomic E-state index is 0. The second kappa shape index (κ2) is 11.7. The highest BCUT2D eigenvalue weighted by molar-refractivity contribution is 14.0. The highest BCUT2D eigenvalue weighted by atomic mass is 127. The van der Waals surface area contributed by atoms with Gasteiger partial charge in [0, 0.05) is 51.7 Å². The van der Waals surface area contributed by atoms with Crippen molar-refractivity contribution in [2.45, 2.75) is 13.5 Å². The quantitative estimate of drug-likeness (QED) is 0.378. The molecule has 0 radical (unpaired) electrons. The fourth-order valence-corrected chi connectivity index (χ4v) is 2.19. The molecule has 8 heteroatoms. The SMILES string of the molecule is CCNC(=NCCN1CCOCC1)NCCn1ccnc1.I. The molecule has 2 heterocycles. The van der Waals surface area contributed by atoms with Gasteiger partial charge in [-0.3, -0.25) is 9.89 Å². The lowest BCUT2D eigenvalue weighted by Gasteiger charge is -2.25. The van der Waals surface area contributed by atoms with Crippen molar-refractivity contribution in [3.05, 3.63) is 18.7 Å². The molecular weight excluding hydrogens is 395 g/mol. The molecule has 1 aliphatic rings. The molecule has 0 atom stereocenters. The Kier molecular flexibility index (Phi) is 10.2. The van der Waals surface area contributed by atoms with E-state index in [1.54, 1.807) is 6.20 Å². The van der Waals surface area contributed by atoms with Crippen molar-refractivity contribution in [3.8, 4) is 0 Å². The molecule has 0 saturated carbocycles. The Hall–Kier alpha value is -0.870. The molecular formula is C14H27IN6O. The van der Waals surface area contributed by atoms with Gasteiger partial charge in [0.15, 0.2) is 5.96 Å². The maximum Gasteiger partial charge on any atom is 0.191 e. The van der Waals surface area contributed by atoms with Gasteiger partial charge in [-0.25, -0.2) is 4.98 Å². The van der Waals surface area contributed by atoms with Crippen LogP contribution in [0.15, 0.2) is 23.7 Å². The zero-order valence-corrected chi connectivity index (χ0v) is 15.5. The van der Waals surface area contributed by atoms with E-state index in [9.17, 15) is 0 Å². The van der Waals surface area contributed by atoms with Gasteiger partial charge in [-0.15, -0.1) is 24.0 Å². The van der Waals surface area contributed by atoms with Crippen LogP contribution in [0.1, 0.15) is 6.92 Å². The van der Waals surface area contributed by atoms with E-state index in [4.69, 9.17) is 4.74 Å². The van der Waals surface area contributed by atoms with Crippen molar-refractivity contribution in [3.63, 3.8) is 0 Å². The van der Waals surface area contributed by atoms with Crippen molar-refractivity contribution in [1.82, 2.24) is 25.1 Å². The molecule has 22 heavy (non-hydrogen) atoms. The largest absolute Gasteiger partial charge is 0.379 e. The molecule has 0 aromatic carbocycles. The molecule has 1 aromatic heterocycles. The predicted octanol–water partition coefficient (Wildman–Crippen LogP) is 0.388. The van der Waals surface area contributed by atoms with Gasteiger partial charge in [-0.2, -0.15) is 0 Å². The van der Waals surface area contributed by atoms with Gasteiger partial charge in [0.2, 0.25) is 0 Å². The van der Waals surface area contributed by atoms with Gasteiger partial charge < -0.3 is 19.9 Å². The van der Waals surface area contributed by atoms with Crippen LogP contribution in [0, 0.1) is 0 Å². The van der Waals surface area contributed by atoms with Crippen LogP contribution in [0.2, 0.25) is 0 Å². The number of aromatic nitrogens is 2. The molecule has 1 saturated heterocycles. The highest BCUT2D eigenvalue weighted by Crippen LogP contribution is 1.95. The first-order valence-electron chi connectivity index (χ1n) is 7.66. The van der Waals surface area contributed by atoms with Crippen LogP contribution in [0.3, 0.4) is 0 Å². The number of nitrogens with zero attached hydrogens (tertiary/aromatic N) is 4. The highest BCUT2D eigenvalue weighted by Gasteiger charge is 2.09. The van der Waals surface area contributed by atoms with E-state index in [1.165, 1.54) is 0 Å². The molecule has 2 N–H and O–H groups in total. The van der Waals surface area contributed by atoms with Crippen LogP contribution >= 0.6 is 24.0 Å². The summed E-state index contributed by atoms with van der Waals surface area (Å²) in [6.45, 7) is 10.2. The lowest BCUT2D eigenvalue weighted by molar-refractivity contribution is 0.0394. The molecule has 126 valence electrons. The summed E-state index contributed by atoms with van der Waals surface area (Å²) in [5.74, 6) is 0.880. The zero-order valence-electron chi connectivity index (χ0n) is 13.2. The number of nitrogens with one attached hydrogen (secondary N) is 2. The summed E-state index contributed by atoms with van der Waals surface area (Å²) in [6, 6.07) is 0. The third-order valence-electron chi connectivity index (χ3n) is 3.36. The molecule has 2 rings (SSSR count). The van der Waals surface area contributed by atoms with Gasteiger partial charge >= 0.3 is 0 Å². The molecule has 0 unspecified atom stereocenters. The lowest BCUT2D eigenvalue weighted by Crippen LogP contribution is -2.40. The smallest absolute Gasteiger partial charge is 0.191 e. The van der Waals surface area contributed by atoms with Gasteiger partial charge in [0.1, 0.15) is 0 Å². The Morgan fingerprint density at radius 3 is 2.77 bits per heavy atom. The van der Waals surface area contributed by atoms with E-state index >= 15 is 0 Å². The van der Waals surface area contributed by atoms with E-state index in [1.807, 2.05) is 17.1 Å². The number of ether oxygens (including phenoxy) is 1. The molecule has 1 fully saturated rings. The van der Waals surface area contributed by atoms with Crippen LogP contribution in [0.4, 0.5) is 0 Å². The van der Waals surface area contributed by atoms with Crippen molar-refractivity contribution >= 4 is 29.9 Å². The Morgan fingerprint density at radius 1 is 1.27 bits per heavy atom. The van der Waals surface area contributed by atoms with Crippen molar-refractivity contribution in [1.29, 1.82) is 0 Å². The summed E-state index contributed by atoms with van der Waals surface area (Å²) < 4.78 is 7.39. The van der Waals surface area contributed by atoms with Crippen LogP contribution < -0.4 is 10.6 Å². The first-order chi connectivity index (χ1) is 10.4. The van der Waals surface area contributed by atoms with Crippen molar-refractivity contribution in [2.75, 3.05) is 52.5 Å². The summed E-state index contributed by atoms with van der Waals surface area (Å²) in [4.78, 5) is 11.0. The van der Waals surface area contributed by atoms with Crippen LogP contribution in [0.5, 0.6) is 0 Å². The second-order valence-electron chi connectivity index (χ2n) is 4.94. The fourth-order valence-electron chi connectivity index (χ4n) is 2.19. The Bertz CT molecular complexity index is 405. The van der Waals surface area contributed by atoms with Gasteiger partial charge in [-0.1, -0.05) is 0 Å².